The molecule has 1 saturated heterocycles. The second kappa shape index (κ2) is 4.64. The highest BCUT2D eigenvalue weighted by Gasteiger charge is 2.59. The van der Waals surface area contributed by atoms with Gasteiger partial charge in [0.1, 0.15) is 0 Å². The Morgan fingerprint density at radius 1 is 0.947 bits per heavy atom. The lowest BCUT2D eigenvalue weighted by Crippen LogP contribution is -2.22. The summed E-state index contributed by atoms with van der Waals surface area (Å²) in [6, 6.07) is 18.4. The molecule has 1 heterocycles. The molecule has 0 aromatic heterocycles. The standard InChI is InChI=1S/C16H16ClNO/c1-12(2)18-16(19-18,13-6-4-3-5-7-13)14-8-10-15(17)11-9-14/h3-12H,1-2H3/t16-,18?/m0/s1. The van der Waals surface area contributed by atoms with Gasteiger partial charge in [0.05, 0.1) is 0 Å². The van der Waals surface area contributed by atoms with E-state index < -0.39 is 5.72 Å². The molecule has 0 amide bonds. The molecule has 3 heteroatoms. The Bertz CT molecular complexity index is 567. The summed E-state index contributed by atoms with van der Waals surface area (Å²) in [6.45, 7) is 4.25. The fourth-order valence-electron chi connectivity index (χ4n) is 2.46. The summed E-state index contributed by atoms with van der Waals surface area (Å²) in [5.41, 5.74) is 1.79. The smallest absolute Gasteiger partial charge is 0.215 e. The van der Waals surface area contributed by atoms with Crippen LogP contribution in [0.4, 0.5) is 0 Å². The molecule has 1 unspecified atom stereocenters. The number of halogens is 1. The minimum atomic E-state index is -0.458. The molecule has 0 spiro atoms. The van der Waals surface area contributed by atoms with Gasteiger partial charge in [0.25, 0.3) is 0 Å². The molecule has 19 heavy (non-hydrogen) atoms. The van der Waals surface area contributed by atoms with E-state index >= 15 is 0 Å². The molecule has 2 aromatic carbocycles. The highest BCUT2D eigenvalue weighted by Crippen LogP contribution is 2.51. The zero-order valence-corrected chi connectivity index (χ0v) is 11.8. The number of benzene rings is 2. The summed E-state index contributed by atoms with van der Waals surface area (Å²) >= 11 is 5.97. The van der Waals surface area contributed by atoms with Gasteiger partial charge in [-0.15, -0.1) is 5.06 Å². The zero-order valence-electron chi connectivity index (χ0n) is 11.0. The number of hydrogen-bond donors (Lipinski definition) is 0. The van der Waals surface area contributed by atoms with Crippen molar-refractivity contribution in [1.82, 2.24) is 5.06 Å². The first-order valence-electron chi connectivity index (χ1n) is 6.44. The predicted molar refractivity (Wildman–Crippen MR) is 76.7 cm³/mol. The lowest BCUT2D eigenvalue weighted by Gasteiger charge is -2.15. The molecule has 2 aromatic rings. The maximum Gasteiger partial charge on any atom is 0.215 e. The first-order valence-corrected chi connectivity index (χ1v) is 6.82. The monoisotopic (exact) mass is 273 g/mol. The Morgan fingerprint density at radius 2 is 1.53 bits per heavy atom. The molecule has 0 N–H and O–H groups in total. The molecular formula is C16H16ClNO. The zero-order chi connectivity index (χ0) is 13.5. The van der Waals surface area contributed by atoms with Gasteiger partial charge in [-0.25, -0.2) is 0 Å². The first-order chi connectivity index (χ1) is 9.14. The summed E-state index contributed by atoms with van der Waals surface area (Å²) in [7, 11) is 0. The Kier molecular flexibility index (Phi) is 3.09. The minimum absolute atomic E-state index is 0.316. The van der Waals surface area contributed by atoms with Gasteiger partial charge in [-0.05, 0) is 26.0 Å². The van der Waals surface area contributed by atoms with Crippen molar-refractivity contribution in [2.24, 2.45) is 0 Å². The van der Waals surface area contributed by atoms with Gasteiger partial charge in [0, 0.05) is 22.2 Å². The first kappa shape index (κ1) is 12.7. The van der Waals surface area contributed by atoms with Crippen LogP contribution in [-0.4, -0.2) is 11.1 Å². The third-order valence-corrected chi connectivity index (χ3v) is 3.63. The van der Waals surface area contributed by atoms with Crippen molar-refractivity contribution in [3.05, 3.63) is 70.7 Å². The molecule has 0 saturated carbocycles. The van der Waals surface area contributed by atoms with Crippen molar-refractivity contribution in [1.29, 1.82) is 0 Å². The second-order valence-corrected chi connectivity index (χ2v) is 5.46. The van der Waals surface area contributed by atoms with Crippen LogP contribution in [0.15, 0.2) is 54.6 Å². The molecule has 0 aliphatic carbocycles. The summed E-state index contributed by atoms with van der Waals surface area (Å²) in [6.07, 6.45) is 0. The fourth-order valence-corrected chi connectivity index (χ4v) is 2.58. The van der Waals surface area contributed by atoms with Crippen LogP contribution in [0.25, 0.3) is 0 Å². The normalized spacial score (nSPS) is 25.6. The minimum Gasteiger partial charge on any atom is -0.261 e. The summed E-state index contributed by atoms with van der Waals surface area (Å²) in [4.78, 5) is 5.97. The molecule has 3 rings (SSSR count). The van der Waals surface area contributed by atoms with E-state index in [9.17, 15) is 0 Å². The van der Waals surface area contributed by atoms with E-state index in [0.717, 1.165) is 16.1 Å². The van der Waals surface area contributed by atoms with Crippen LogP contribution in [0.5, 0.6) is 0 Å². The maximum absolute atomic E-state index is 5.97. The van der Waals surface area contributed by atoms with Gasteiger partial charge in [0.15, 0.2) is 0 Å². The molecule has 1 fully saturated rings. The van der Waals surface area contributed by atoms with Crippen LogP contribution in [0.1, 0.15) is 25.0 Å². The average Bonchev–Trinajstić information content (AvgIpc) is 3.17. The van der Waals surface area contributed by atoms with E-state index in [1.54, 1.807) is 0 Å². The van der Waals surface area contributed by atoms with Gasteiger partial charge < -0.3 is 0 Å². The Hall–Kier alpha value is -1.35. The van der Waals surface area contributed by atoms with E-state index in [1.807, 2.05) is 47.5 Å². The summed E-state index contributed by atoms with van der Waals surface area (Å²) < 4.78 is 0. The van der Waals surface area contributed by atoms with Crippen molar-refractivity contribution in [3.8, 4) is 0 Å². The lowest BCUT2D eigenvalue weighted by molar-refractivity contribution is 0.162. The van der Waals surface area contributed by atoms with Crippen LogP contribution in [0.2, 0.25) is 5.02 Å². The average molecular weight is 274 g/mol. The van der Waals surface area contributed by atoms with Crippen molar-refractivity contribution < 1.29 is 4.84 Å². The summed E-state index contributed by atoms with van der Waals surface area (Å²) in [5, 5.41) is 2.76. The highest BCUT2D eigenvalue weighted by atomic mass is 35.5. The maximum atomic E-state index is 5.97. The van der Waals surface area contributed by atoms with E-state index in [-0.39, 0.29) is 0 Å². The highest BCUT2D eigenvalue weighted by molar-refractivity contribution is 6.30. The Morgan fingerprint density at radius 3 is 2.05 bits per heavy atom. The van der Waals surface area contributed by atoms with Gasteiger partial charge in [-0.1, -0.05) is 54.1 Å². The van der Waals surface area contributed by atoms with Gasteiger partial charge in [0.2, 0.25) is 5.72 Å². The topological polar surface area (TPSA) is 15.5 Å². The van der Waals surface area contributed by atoms with Crippen molar-refractivity contribution in [2.45, 2.75) is 25.6 Å². The fraction of sp³-hybridized carbons (Fsp3) is 0.250. The van der Waals surface area contributed by atoms with Crippen LogP contribution < -0.4 is 0 Å². The van der Waals surface area contributed by atoms with Crippen molar-refractivity contribution in [3.63, 3.8) is 0 Å². The molecule has 0 radical (unpaired) electrons. The molecular weight excluding hydrogens is 258 g/mol. The molecule has 2 nitrogen and oxygen atoms in total. The van der Waals surface area contributed by atoms with E-state index in [2.05, 4.69) is 26.0 Å². The second-order valence-electron chi connectivity index (χ2n) is 5.03. The van der Waals surface area contributed by atoms with Gasteiger partial charge in [-0.3, -0.25) is 4.84 Å². The van der Waals surface area contributed by atoms with Crippen LogP contribution in [0, 0.1) is 0 Å². The molecule has 1 aliphatic rings. The molecule has 1 aliphatic heterocycles. The van der Waals surface area contributed by atoms with E-state index in [4.69, 9.17) is 16.4 Å². The van der Waals surface area contributed by atoms with Gasteiger partial charge in [-0.2, -0.15) is 0 Å². The number of hydrogen-bond acceptors (Lipinski definition) is 2. The SMILES string of the molecule is CC(C)N1O[C@@]1(c1ccccc1)c1ccc(Cl)cc1. The van der Waals surface area contributed by atoms with Crippen molar-refractivity contribution >= 4 is 11.6 Å². The van der Waals surface area contributed by atoms with Crippen LogP contribution in [-0.2, 0) is 10.6 Å². The Labute approximate surface area is 118 Å². The number of rotatable bonds is 3. The van der Waals surface area contributed by atoms with Crippen LogP contribution in [0.3, 0.4) is 0 Å². The molecule has 2 atom stereocenters. The number of nitrogens with zero attached hydrogens (tertiary/aromatic N) is 1. The number of hydroxylamine groups is 2. The predicted octanol–water partition coefficient (Wildman–Crippen LogP) is 4.20. The molecule has 98 valence electrons. The third kappa shape index (κ3) is 2.06. The molecule has 0 bridgehead atoms. The van der Waals surface area contributed by atoms with E-state index in [0.29, 0.717) is 6.04 Å². The van der Waals surface area contributed by atoms with Crippen LogP contribution >= 0.6 is 11.6 Å². The Balaban J connectivity index is 2.07. The van der Waals surface area contributed by atoms with Gasteiger partial charge >= 0.3 is 0 Å². The largest absolute Gasteiger partial charge is 0.261 e. The van der Waals surface area contributed by atoms with E-state index in [1.165, 1.54) is 0 Å². The quantitative estimate of drug-likeness (QED) is 0.779. The third-order valence-electron chi connectivity index (χ3n) is 3.38. The summed E-state index contributed by atoms with van der Waals surface area (Å²) in [5.74, 6) is 0. The van der Waals surface area contributed by atoms with Crippen molar-refractivity contribution in [2.75, 3.05) is 0 Å². The lowest BCUT2D eigenvalue weighted by atomic mass is 9.96.